The Hall–Kier alpha value is -2.51. The summed E-state index contributed by atoms with van der Waals surface area (Å²) in [5.41, 5.74) is 1.15. The van der Waals surface area contributed by atoms with Gasteiger partial charge >= 0.3 is 0 Å². The van der Waals surface area contributed by atoms with Crippen molar-refractivity contribution >= 4 is 56.8 Å². The minimum atomic E-state index is -0.550. The summed E-state index contributed by atoms with van der Waals surface area (Å²) in [5, 5.41) is 11.9. The Balaban J connectivity index is 1.99. The topological polar surface area (TPSA) is 69.6 Å². The first-order valence-electron chi connectivity index (χ1n) is 6.92. The van der Waals surface area contributed by atoms with Gasteiger partial charge in [-0.15, -0.1) is 0 Å². The van der Waals surface area contributed by atoms with Crippen molar-refractivity contribution in [3.63, 3.8) is 0 Å². The summed E-state index contributed by atoms with van der Waals surface area (Å²) in [7, 11) is 0. The third-order valence-electron chi connectivity index (χ3n) is 3.39. The van der Waals surface area contributed by atoms with E-state index in [1.807, 2.05) is 0 Å². The van der Waals surface area contributed by atoms with Gasteiger partial charge in [0.25, 0.3) is 11.8 Å². The van der Waals surface area contributed by atoms with Gasteiger partial charge in [0.2, 0.25) is 0 Å². The van der Waals surface area contributed by atoms with Gasteiger partial charge in [-0.25, -0.2) is 0 Å². The highest BCUT2D eigenvalue weighted by atomic mass is 79.9. The molecule has 1 heterocycles. The minimum Gasteiger partial charge on any atom is -0.508 e. The number of benzene rings is 2. The van der Waals surface area contributed by atoms with Crippen LogP contribution < -0.4 is 10.2 Å². The number of phenolic OH excluding ortho intramolecular Hbond substituents is 1. The molecule has 120 valence electrons. The van der Waals surface area contributed by atoms with Crippen molar-refractivity contribution in [3.8, 4) is 5.75 Å². The van der Waals surface area contributed by atoms with Crippen molar-refractivity contribution in [1.82, 2.24) is 5.32 Å². The zero-order valence-electron chi connectivity index (χ0n) is 12.2. The molecule has 0 spiro atoms. The molecular weight excluding hydrogens is 392 g/mol. The Bertz CT molecular complexity index is 860. The Labute approximate surface area is 151 Å². The fourth-order valence-electron chi connectivity index (χ4n) is 2.22. The second kappa shape index (κ2) is 6.54. The molecule has 2 aromatic rings. The average molecular weight is 403 g/mol. The molecule has 2 N–H and O–H groups in total. The molecule has 0 aromatic heterocycles. The van der Waals surface area contributed by atoms with E-state index in [1.54, 1.807) is 36.4 Å². The monoisotopic (exact) mass is 402 g/mol. The predicted molar refractivity (Wildman–Crippen MR) is 98.5 cm³/mol. The van der Waals surface area contributed by atoms with E-state index in [9.17, 15) is 14.7 Å². The van der Waals surface area contributed by atoms with Crippen molar-refractivity contribution in [2.24, 2.45) is 0 Å². The summed E-state index contributed by atoms with van der Waals surface area (Å²) in [6, 6.07) is 13.2. The standard InChI is InChI=1S/C17H11BrN2O3S/c18-11-3-5-12(6-4-11)20-16(23)14(15(22)19-17(20)24)9-10-1-7-13(21)8-2-10/h1-9,21H,(H,19,22,24)/b14-9+. The summed E-state index contributed by atoms with van der Waals surface area (Å²) in [6.07, 6.45) is 1.46. The lowest BCUT2D eigenvalue weighted by molar-refractivity contribution is -0.122. The maximum Gasteiger partial charge on any atom is 0.270 e. The average Bonchev–Trinajstić information content (AvgIpc) is 2.55. The van der Waals surface area contributed by atoms with Crippen LogP contribution in [0.2, 0.25) is 0 Å². The molecule has 0 atom stereocenters. The van der Waals surface area contributed by atoms with E-state index in [4.69, 9.17) is 12.2 Å². The first-order valence-corrected chi connectivity index (χ1v) is 8.12. The molecule has 2 amide bonds. The quantitative estimate of drug-likeness (QED) is 0.460. The van der Waals surface area contributed by atoms with Gasteiger partial charge in [-0.1, -0.05) is 28.1 Å². The lowest BCUT2D eigenvalue weighted by Crippen LogP contribution is -2.54. The molecule has 1 aliphatic rings. The highest BCUT2D eigenvalue weighted by Gasteiger charge is 2.34. The predicted octanol–water partition coefficient (Wildman–Crippen LogP) is 2.99. The number of carbonyl (C=O) groups is 2. The third-order valence-corrected chi connectivity index (χ3v) is 4.20. The summed E-state index contributed by atoms with van der Waals surface area (Å²) in [4.78, 5) is 26.2. The van der Waals surface area contributed by atoms with Gasteiger partial charge in [0.05, 0.1) is 5.69 Å². The zero-order chi connectivity index (χ0) is 17.3. The second-order valence-corrected chi connectivity index (χ2v) is 6.33. The molecule has 24 heavy (non-hydrogen) atoms. The van der Waals surface area contributed by atoms with Crippen molar-refractivity contribution in [2.75, 3.05) is 4.90 Å². The second-order valence-electron chi connectivity index (χ2n) is 5.03. The Morgan fingerprint density at radius 2 is 1.67 bits per heavy atom. The van der Waals surface area contributed by atoms with Gasteiger partial charge in [-0.05, 0) is 60.3 Å². The largest absolute Gasteiger partial charge is 0.508 e. The number of aromatic hydroxyl groups is 1. The molecule has 3 rings (SSSR count). The molecule has 0 bridgehead atoms. The van der Waals surface area contributed by atoms with Crippen LogP contribution in [0, 0.1) is 0 Å². The summed E-state index contributed by atoms with van der Waals surface area (Å²) < 4.78 is 0.866. The fourth-order valence-corrected chi connectivity index (χ4v) is 2.76. The molecule has 0 aliphatic carbocycles. The smallest absolute Gasteiger partial charge is 0.270 e. The van der Waals surface area contributed by atoms with Crippen LogP contribution in [0.3, 0.4) is 0 Å². The van der Waals surface area contributed by atoms with E-state index in [1.165, 1.54) is 23.1 Å². The summed E-state index contributed by atoms with van der Waals surface area (Å²) in [6.45, 7) is 0. The number of anilines is 1. The van der Waals surface area contributed by atoms with Crippen molar-refractivity contribution in [2.45, 2.75) is 0 Å². The number of amides is 2. The van der Waals surface area contributed by atoms with E-state index in [-0.39, 0.29) is 16.4 Å². The van der Waals surface area contributed by atoms with Crippen LogP contribution in [0.15, 0.2) is 58.6 Å². The molecule has 1 saturated heterocycles. The molecule has 0 unspecified atom stereocenters. The maximum absolute atomic E-state index is 12.8. The van der Waals surface area contributed by atoms with Gasteiger partial charge in [0.1, 0.15) is 11.3 Å². The fraction of sp³-hybridized carbons (Fsp3) is 0. The van der Waals surface area contributed by atoms with Crippen LogP contribution in [-0.2, 0) is 9.59 Å². The summed E-state index contributed by atoms with van der Waals surface area (Å²) in [5.74, 6) is -0.945. The minimum absolute atomic E-state index is 0.0304. The molecule has 7 heteroatoms. The van der Waals surface area contributed by atoms with Gasteiger partial charge in [-0.2, -0.15) is 0 Å². The number of halogens is 1. The van der Waals surface area contributed by atoms with Crippen LogP contribution in [0.5, 0.6) is 5.75 Å². The highest BCUT2D eigenvalue weighted by molar-refractivity contribution is 9.10. The van der Waals surface area contributed by atoms with Gasteiger partial charge in [0.15, 0.2) is 5.11 Å². The lowest BCUT2D eigenvalue weighted by Gasteiger charge is -2.28. The molecule has 0 saturated carbocycles. The number of nitrogens with one attached hydrogen (secondary N) is 1. The maximum atomic E-state index is 12.8. The third kappa shape index (κ3) is 3.22. The van der Waals surface area contributed by atoms with Crippen molar-refractivity contribution in [1.29, 1.82) is 0 Å². The SMILES string of the molecule is O=C1NC(=S)N(c2ccc(Br)cc2)C(=O)/C1=C/c1ccc(O)cc1. The Kier molecular flexibility index (Phi) is 4.46. The molecule has 1 fully saturated rings. The number of nitrogens with zero attached hydrogens (tertiary/aromatic N) is 1. The number of thiocarbonyl (C=S) groups is 1. The zero-order valence-corrected chi connectivity index (χ0v) is 14.6. The van der Waals surface area contributed by atoms with Crippen LogP contribution in [-0.4, -0.2) is 22.0 Å². The van der Waals surface area contributed by atoms with Crippen LogP contribution in [0.25, 0.3) is 6.08 Å². The van der Waals surface area contributed by atoms with Crippen LogP contribution in [0.4, 0.5) is 5.69 Å². The molecule has 0 radical (unpaired) electrons. The van der Waals surface area contributed by atoms with E-state index < -0.39 is 11.8 Å². The van der Waals surface area contributed by atoms with E-state index in [0.717, 1.165) is 4.47 Å². The van der Waals surface area contributed by atoms with Gasteiger partial charge in [-0.3, -0.25) is 19.8 Å². The molecule has 5 nitrogen and oxygen atoms in total. The van der Waals surface area contributed by atoms with Gasteiger partial charge in [0, 0.05) is 4.47 Å². The number of carbonyl (C=O) groups excluding carboxylic acids is 2. The van der Waals surface area contributed by atoms with E-state index in [2.05, 4.69) is 21.2 Å². The first-order chi connectivity index (χ1) is 11.5. The number of rotatable bonds is 2. The highest BCUT2D eigenvalue weighted by Crippen LogP contribution is 2.24. The van der Waals surface area contributed by atoms with Crippen LogP contribution in [0.1, 0.15) is 5.56 Å². The molecule has 2 aromatic carbocycles. The number of hydrogen-bond acceptors (Lipinski definition) is 4. The van der Waals surface area contributed by atoms with E-state index >= 15 is 0 Å². The first kappa shape index (κ1) is 16.4. The van der Waals surface area contributed by atoms with Crippen molar-refractivity contribution < 1.29 is 14.7 Å². The summed E-state index contributed by atoms with van der Waals surface area (Å²) >= 11 is 8.47. The van der Waals surface area contributed by atoms with E-state index in [0.29, 0.717) is 11.3 Å². The molecular formula is C17H11BrN2O3S. The Morgan fingerprint density at radius 1 is 1.04 bits per heavy atom. The normalized spacial score (nSPS) is 16.5. The number of phenols is 1. The Morgan fingerprint density at radius 3 is 2.29 bits per heavy atom. The van der Waals surface area contributed by atoms with Crippen LogP contribution >= 0.6 is 28.1 Å². The van der Waals surface area contributed by atoms with Crippen molar-refractivity contribution in [3.05, 3.63) is 64.1 Å². The number of hydrogen-bond donors (Lipinski definition) is 2. The van der Waals surface area contributed by atoms with Gasteiger partial charge < -0.3 is 5.11 Å². The molecule has 1 aliphatic heterocycles. The lowest BCUT2D eigenvalue weighted by atomic mass is 10.1.